The van der Waals surface area contributed by atoms with E-state index in [0.29, 0.717) is 19.4 Å². The van der Waals surface area contributed by atoms with Gasteiger partial charge in [-0.2, -0.15) is 5.26 Å². The molecule has 1 saturated heterocycles. The smallest absolute Gasteiger partial charge is 0.326 e. The predicted molar refractivity (Wildman–Crippen MR) is 80.2 cm³/mol. The van der Waals surface area contributed by atoms with Crippen LogP contribution in [0, 0.1) is 16.7 Å². The summed E-state index contributed by atoms with van der Waals surface area (Å²) >= 11 is 0. The third-order valence-corrected chi connectivity index (χ3v) is 4.20. The molecule has 0 amide bonds. The second kappa shape index (κ2) is 6.73. The number of benzene rings is 1. The van der Waals surface area contributed by atoms with Crippen LogP contribution in [0.2, 0.25) is 0 Å². The normalized spacial score (nSPS) is 26.0. The molecule has 2 atom stereocenters. The van der Waals surface area contributed by atoms with Crippen LogP contribution in [0.25, 0.3) is 0 Å². The number of rotatable bonds is 4. The van der Waals surface area contributed by atoms with Gasteiger partial charge in [0.25, 0.3) is 0 Å². The van der Waals surface area contributed by atoms with Crippen molar-refractivity contribution in [1.29, 1.82) is 5.26 Å². The van der Waals surface area contributed by atoms with Gasteiger partial charge < -0.3 is 4.74 Å². The fourth-order valence-corrected chi connectivity index (χ4v) is 2.94. The van der Waals surface area contributed by atoms with E-state index in [4.69, 9.17) is 4.74 Å². The van der Waals surface area contributed by atoms with Crippen LogP contribution in [0.3, 0.4) is 0 Å². The minimum absolute atomic E-state index is 0.183. The molecule has 21 heavy (non-hydrogen) atoms. The summed E-state index contributed by atoms with van der Waals surface area (Å²) in [6.07, 6.45) is 1.08. The summed E-state index contributed by atoms with van der Waals surface area (Å²) in [5.74, 6) is -0.362. The molecule has 1 fully saturated rings. The van der Waals surface area contributed by atoms with Gasteiger partial charge >= 0.3 is 5.97 Å². The van der Waals surface area contributed by atoms with E-state index in [9.17, 15) is 10.1 Å². The lowest BCUT2D eigenvalue weighted by atomic mass is 9.76. The molecule has 0 aliphatic carbocycles. The van der Waals surface area contributed by atoms with Gasteiger partial charge in [0.1, 0.15) is 0 Å². The molecule has 0 aromatic heterocycles. The second-order valence-electron chi connectivity index (χ2n) is 5.67. The molecule has 1 heterocycles. The maximum absolute atomic E-state index is 12.1. The van der Waals surface area contributed by atoms with Crippen LogP contribution in [-0.4, -0.2) is 30.1 Å². The van der Waals surface area contributed by atoms with Crippen molar-refractivity contribution in [2.75, 3.05) is 13.2 Å². The first kappa shape index (κ1) is 15.5. The molecule has 1 aromatic carbocycles. The molecule has 0 unspecified atom stereocenters. The van der Waals surface area contributed by atoms with E-state index in [1.807, 2.05) is 18.2 Å². The Balaban J connectivity index is 2.04. The average molecular weight is 286 g/mol. The van der Waals surface area contributed by atoms with Crippen molar-refractivity contribution in [1.82, 2.24) is 4.90 Å². The predicted octanol–water partition coefficient (Wildman–Crippen LogP) is 2.74. The first-order chi connectivity index (χ1) is 10.1. The van der Waals surface area contributed by atoms with Gasteiger partial charge in [-0.15, -0.1) is 0 Å². The van der Waals surface area contributed by atoms with Gasteiger partial charge in [0, 0.05) is 19.1 Å². The number of esters is 1. The summed E-state index contributed by atoms with van der Waals surface area (Å²) in [7, 11) is 0. The lowest BCUT2D eigenvalue weighted by Gasteiger charge is -2.40. The number of nitrogens with zero attached hydrogens (tertiary/aromatic N) is 2. The zero-order chi connectivity index (χ0) is 15.3. The number of piperidine rings is 1. The van der Waals surface area contributed by atoms with Gasteiger partial charge in [0.05, 0.1) is 12.7 Å². The monoisotopic (exact) mass is 286 g/mol. The maximum atomic E-state index is 12.1. The highest BCUT2D eigenvalue weighted by Crippen LogP contribution is 2.36. The number of nitriles is 1. The molecule has 0 N–H and O–H groups in total. The van der Waals surface area contributed by atoms with Crippen LogP contribution in [0.1, 0.15) is 32.3 Å². The molecule has 2 rings (SSSR count). The third-order valence-electron chi connectivity index (χ3n) is 4.20. The Bertz CT molecular complexity index is 523. The lowest BCUT2D eigenvalue weighted by molar-refractivity contribution is -0.155. The van der Waals surface area contributed by atoms with E-state index in [-0.39, 0.29) is 12.0 Å². The Morgan fingerprint density at radius 1 is 1.48 bits per heavy atom. The minimum atomic E-state index is -0.970. The molecule has 0 bridgehead atoms. The molecular formula is C17H22N2O2. The Hall–Kier alpha value is -1.86. The zero-order valence-electron chi connectivity index (χ0n) is 12.7. The van der Waals surface area contributed by atoms with E-state index in [1.165, 1.54) is 5.56 Å². The van der Waals surface area contributed by atoms with E-state index in [2.05, 4.69) is 30.0 Å². The molecule has 0 saturated carbocycles. The van der Waals surface area contributed by atoms with Crippen molar-refractivity contribution in [3.8, 4) is 6.07 Å². The van der Waals surface area contributed by atoms with Crippen LogP contribution in [-0.2, 0) is 16.1 Å². The molecular weight excluding hydrogens is 264 g/mol. The van der Waals surface area contributed by atoms with Gasteiger partial charge in [0.2, 0.25) is 0 Å². The zero-order valence-corrected chi connectivity index (χ0v) is 12.7. The molecule has 0 spiro atoms. The number of likely N-dealkylation sites (tertiary alicyclic amines) is 1. The van der Waals surface area contributed by atoms with E-state index in [0.717, 1.165) is 13.1 Å². The Kier molecular flexibility index (Phi) is 4.98. The fourth-order valence-electron chi connectivity index (χ4n) is 2.94. The molecule has 4 nitrogen and oxygen atoms in total. The summed E-state index contributed by atoms with van der Waals surface area (Å²) in [6, 6.07) is 12.7. The SMILES string of the molecule is CCOC(=O)[C@@]1(C#N)CCN(Cc2ccccc2)[C@@H](C)C1. The van der Waals surface area contributed by atoms with E-state index in [1.54, 1.807) is 6.92 Å². The summed E-state index contributed by atoms with van der Waals surface area (Å²) in [5, 5.41) is 9.46. The van der Waals surface area contributed by atoms with Crippen LogP contribution in [0.15, 0.2) is 30.3 Å². The Morgan fingerprint density at radius 3 is 2.76 bits per heavy atom. The first-order valence-corrected chi connectivity index (χ1v) is 7.48. The van der Waals surface area contributed by atoms with Crippen LogP contribution in [0.4, 0.5) is 0 Å². The van der Waals surface area contributed by atoms with Crippen molar-refractivity contribution < 1.29 is 9.53 Å². The highest BCUT2D eigenvalue weighted by Gasteiger charge is 2.45. The van der Waals surface area contributed by atoms with Crippen LogP contribution >= 0.6 is 0 Å². The molecule has 1 aliphatic heterocycles. The first-order valence-electron chi connectivity index (χ1n) is 7.48. The van der Waals surface area contributed by atoms with Crippen molar-refractivity contribution in [2.24, 2.45) is 5.41 Å². The van der Waals surface area contributed by atoms with Gasteiger partial charge in [-0.05, 0) is 32.3 Å². The summed E-state index contributed by atoms with van der Waals surface area (Å²) < 4.78 is 5.10. The van der Waals surface area contributed by atoms with Crippen molar-refractivity contribution >= 4 is 5.97 Å². The quantitative estimate of drug-likeness (QED) is 0.799. The van der Waals surface area contributed by atoms with Crippen molar-refractivity contribution in [3.63, 3.8) is 0 Å². The Labute approximate surface area is 126 Å². The molecule has 1 aromatic rings. The molecule has 4 heteroatoms. The third kappa shape index (κ3) is 3.43. The van der Waals surface area contributed by atoms with E-state index < -0.39 is 5.41 Å². The fraction of sp³-hybridized carbons (Fsp3) is 0.529. The average Bonchev–Trinajstić information content (AvgIpc) is 2.50. The van der Waals surface area contributed by atoms with Gasteiger partial charge in [-0.1, -0.05) is 30.3 Å². The number of carbonyl (C=O) groups excluding carboxylic acids is 1. The highest BCUT2D eigenvalue weighted by atomic mass is 16.5. The van der Waals surface area contributed by atoms with Crippen molar-refractivity contribution in [2.45, 2.75) is 39.3 Å². The Morgan fingerprint density at radius 2 is 2.19 bits per heavy atom. The standard InChI is InChI=1S/C17H22N2O2/c1-3-21-16(20)17(13-18)9-10-19(14(2)11-17)12-15-7-5-4-6-8-15/h4-8,14H,3,9-12H2,1-2H3/t14-,17-/m0/s1. The van der Waals surface area contributed by atoms with Gasteiger partial charge in [-0.25, -0.2) is 0 Å². The van der Waals surface area contributed by atoms with Crippen LogP contribution < -0.4 is 0 Å². The van der Waals surface area contributed by atoms with Crippen molar-refractivity contribution in [3.05, 3.63) is 35.9 Å². The van der Waals surface area contributed by atoms with Gasteiger partial charge in [0.15, 0.2) is 5.41 Å². The second-order valence-corrected chi connectivity index (χ2v) is 5.67. The number of carbonyl (C=O) groups is 1. The van der Waals surface area contributed by atoms with Gasteiger partial charge in [-0.3, -0.25) is 9.69 Å². The van der Waals surface area contributed by atoms with E-state index >= 15 is 0 Å². The largest absolute Gasteiger partial charge is 0.465 e. The minimum Gasteiger partial charge on any atom is -0.465 e. The highest BCUT2D eigenvalue weighted by molar-refractivity contribution is 5.80. The number of hydrogen-bond acceptors (Lipinski definition) is 4. The van der Waals surface area contributed by atoms with Crippen LogP contribution in [0.5, 0.6) is 0 Å². The number of hydrogen-bond donors (Lipinski definition) is 0. The number of ether oxygens (including phenoxy) is 1. The summed E-state index contributed by atoms with van der Waals surface area (Å²) in [5.41, 5.74) is 0.285. The summed E-state index contributed by atoms with van der Waals surface area (Å²) in [6.45, 7) is 5.77. The maximum Gasteiger partial charge on any atom is 0.326 e. The summed E-state index contributed by atoms with van der Waals surface area (Å²) in [4.78, 5) is 14.4. The molecule has 1 aliphatic rings. The molecule has 0 radical (unpaired) electrons. The topological polar surface area (TPSA) is 53.3 Å². The lowest BCUT2D eigenvalue weighted by Crippen LogP contribution is -2.48. The molecule has 112 valence electrons.